The first kappa shape index (κ1) is 16.0. The zero-order chi connectivity index (χ0) is 6.28. The van der Waals surface area contributed by atoms with Gasteiger partial charge in [0.05, 0.1) is 0 Å². The van der Waals surface area contributed by atoms with Gasteiger partial charge in [-0.1, -0.05) is 0 Å². The van der Waals surface area contributed by atoms with Gasteiger partial charge in [-0.05, 0) is 0 Å². The van der Waals surface area contributed by atoms with Gasteiger partial charge < -0.3 is 15.3 Å². The molecule has 44 valence electrons. The van der Waals surface area contributed by atoms with E-state index in [-0.39, 0.29) is 35.4 Å². The van der Waals surface area contributed by atoms with Crippen LogP contribution in [-0.4, -0.2) is 27.2 Å². The van der Waals surface area contributed by atoms with Crippen LogP contribution in [0.5, 0.6) is 0 Å². The molecule has 0 bridgehead atoms. The third kappa shape index (κ3) is 28.1. The molecule has 8 heavy (non-hydrogen) atoms. The Bertz CT molecular complexity index is 52.5. The average molecular weight is 163 g/mol. The van der Waals surface area contributed by atoms with Gasteiger partial charge in [-0.25, -0.2) is 0 Å². The van der Waals surface area contributed by atoms with Crippen LogP contribution in [-0.2, 0) is 4.79 Å². The zero-order valence-corrected chi connectivity index (χ0v) is 9.32. The minimum Gasteiger partial charge on any atom is -0.480 e. The van der Waals surface area contributed by atoms with Crippen molar-refractivity contribution in [2.45, 2.75) is 6.55 Å². The van der Waals surface area contributed by atoms with Crippen LogP contribution >= 0.6 is 11.6 Å². The van der Waals surface area contributed by atoms with E-state index in [0.717, 1.165) is 0 Å². The maximum atomic E-state index is 9.24. The van der Waals surface area contributed by atoms with Crippen molar-refractivity contribution in [1.82, 2.24) is 0 Å². The summed E-state index contributed by atoms with van der Waals surface area (Å²) >= 11 is 4.74. The number of carboxylic acid groups (broad SMARTS) is 1. The summed E-state index contributed by atoms with van der Waals surface area (Å²) in [6.45, 7) is 2.03. The van der Waals surface area contributed by atoms with E-state index >= 15 is 0 Å². The van der Waals surface area contributed by atoms with E-state index in [1.165, 1.54) is 0 Å². The molecule has 0 spiro atoms. The van der Waals surface area contributed by atoms with Crippen molar-refractivity contribution >= 4 is 27.8 Å². The molecule has 0 rings (SSSR count). The first-order chi connectivity index (χ1) is 3.27. The SMILES string of the molecule is C[SiH2-].O=C(O)CCl.[Na+]. The van der Waals surface area contributed by atoms with E-state index < -0.39 is 5.97 Å². The van der Waals surface area contributed by atoms with Gasteiger partial charge in [0.25, 0.3) is 0 Å². The van der Waals surface area contributed by atoms with Crippen molar-refractivity contribution in [2.24, 2.45) is 0 Å². The van der Waals surface area contributed by atoms with Gasteiger partial charge >= 0.3 is 35.5 Å². The quantitative estimate of drug-likeness (QED) is 0.329. The molecular formula is C3H8ClNaO2Si. The Labute approximate surface area is 79.3 Å². The van der Waals surface area contributed by atoms with Crippen molar-refractivity contribution in [2.75, 3.05) is 5.88 Å². The molecule has 0 aliphatic heterocycles. The van der Waals surface area contributed by atoms with E-state index in [4.69, 9.17) is 16.7 Å². The van der Waals surface area contributed by atoms with Crippen LogP contribution in [0.4, 0.5) is 0 Å². The number of hydrogen-bond donors (Lipinski definition) is 1. The third-order valence-corrected chi connectivity index (χ3v) is 0.343. The molecule has 0 aromatic heterocycles. The summed E-state index contributed by atoms with van der Waals surface area (Å²) in [6, 6.07) is 0. The number of rotatable bonds is 1. The van der Waals surface area contributed by atoms with Crippen molar-refractivity contribution < 1.29 is 39.5 Å². The van der Waals surface area contributed by atoms with Crippen molar-refractivity contribution in [1.29, 1.82) is 0 Å². The van der Waals surface area contributed by atoms with Gasteiger partial charge in [0, 0.05) is 0 Å². The Hall–Kier alpha value is 0.977. The molecule has 0 aliphatic rings. The minimum absolute atomic E-state index is 0. The Morgan fingerprint density at radius 1 is 1.75 bits per heavy atom. The molecule has 2 nitrogen and oxygen atoms in total. The molecule has 0 atom stereocenters. The van der Waals surface area contributed by atoms with Crippen molar-refractivity contribution in [3.63, 3.8) is 0 Å². The van der Waals surface area contributed by atoms with E-state index in [0.29, 0.717) is 0 Å². The molecule has 0 fully saturated rings. The predicted molar refractivity (Wildman–Crippen MR) is 32.8 cm³/mol. The van der Waals surface area contributed by atoms with E-state index in [1.54, 1.807) is 0 Å². The number of alkyl halides is 1. The fraction of sp³-hybridized carbons (Fsp3) is 0.667. The number of halogens is 1. The Balaban J connectivity index is -0.0000000750. The normalized spacial score (nSPS) is 5.38. The van der Waals surface area contributed by atoms with Crippen LogP contribution in [0.1, 0.15) is 0 Å². The first-order valence-electron chi connectivity index (χ1n) is 1.76. The number of hydrogen-bond acceptors (Lipinski definition) is 1. The largest absolute Gasteiger partial charge is 1.00 e. The summed E-state index contributed by atoms with van der Waals surface area (Å²) in [7, 11) is 1.86. The summed E-state index contributed by atoms with van der Waals surface area (Å²) in [5, 5.41) is 7.59. The molecular weight excluding hydrogens is 155 g/mol. The molecule has 0 heterocycles. The summed E-state index contributed by atoms with van der Waals surface area (Å²) < 4.78 is 0. The van der Waals surface area contributed by atoms with Crippen molar-refractivity contribution in [3.8, 4) is 0 Å². The van der Waals surface area contributed by atoms with Crippen LogP contribution in [0.3, 0.4) is 0 Å². The molecule has 1 N–H and O–H groups in total. The zero-order valence-electron chi connectivity index (χ0n) is 5.15. The van der Waals surface area contributed by atoms with Gasteiger partial charge in [0.2, 0.25) is 0 Å². The topological polar surface area (TPSA) is 37.3 Å². The molecule has 0 radical (unpaired) electrons. The van der Waals surface area contributed by atoms with Gasteiger partial charge in [0.15, 0.2) is 0 Å². The molecule has 5 heteroatoms. The second-order valence-electron chi connectivity index (χ2n) is 0.527. The fourth-order valence-electron chi connectivity index (χ4n) is 0. The van der Waals surface area contributed by atoms with Crippen LogP contribution in [0.2, 0.25) is 6.55 Å². The van der Waals surface area contributed by atoms with Gasteiger partial charge in [0.1, 0.15) is 5.88 Å². The minimum atomic E-state index is -0.980. The monoisotopic (exact) mass is 162 g/mol. The number of carbonyl (C=O) groups is 1. The molecule has 0 saturated heterocycles. The maximum Gasteiger partial charge on any atom is 1.00 e. The summed E-state index contributed by atoms with van der Waals surface area (Å²) in [4.78, 5) is 9.24. The van der Waals surface area contributed by atoms with Crippen LogP contribution in [0.15, 0.2) is 0 Å². The van der Waals surface area contributed by atoms with Gasteiger partial charge in [-0.15, -0.1) is 11.6 Å². The molecule has 0 aliphatic carbocycles. The fourth-order valence-corrected chi connectivity index (χ4v) is 0. The van der Waals surface area contributed by atoms with E-state index in [2.05, 4.69) is 0 Å². The Morgan fingerprint density at radius 2 is 1.88 bits per heavy atom. The number of carboxylic acids is 1. The molecule has 0 amide bonds. The van der Waals surface area contributed by atoms with Gasteiger partial charge in [-0.3, -0.25) is 4.79 Å². The third-order valence-electron chi connectivity index (χ3n) is 0.114. The van der Waals surface area contributed by atoms with Crippen LogP contribution < -0.4 is 29.6 Å². The summed E-state index contributed by atoms with van der Waals surface area (Å²) in [5.74, 6) is -1.29. The van der Waals surface area contributed by atoms with E-state index in [9.17, 15) is 4.79 Å². The smallest absolute Gasteiger partial charge is 0.480 e. The second-order valence-corrected chi connectivity index (χ2v) is 0.795. The standard InChI is InChI=1S/C2H3ClO2.CH5Si.Na/c3-1-2(4)5;1-2;/h1H2,(H,4,5);2H2,1H3;/q;-1;+1. The Morgan fingerprint density at radius 3 is 1.88 bits per heavy atom. The average Bonchev–Trinajstić information content (AvgIpc) is 1.73. The molecule has 0 unspecified atom stereocenters. The first-order valence-corrected chi connectivity index (χ1v) is 3.70. The molecule has 0 aromatic carbocycles. The van der Waals surface area contributed by atoms with Crippen LogP contribution in [0.25, 0.3) is 0 Å². The molecule has 0 aromatic rings. The van der Waals surface area contributed by atoms with Crippen molar-refractivity contribution in [3.05, 3.63) is 0 Å². The van der Waals surface area contributed by atoms with E-state index in [1.807, 2.05) is 16.8 Å². The van der Waals surface area contributed by atoms with Crippen LogP contribution in [0, 0.1) is 0 Å². The second kappa shape index (κ2) is 15.7. The Kier molecular flexibility index (Phi) is 31.3. The summed E-state index contributed by atoms with van der Waals surface area (Å²) in [6.07, 6.45) is 0. The molecule has 0 saturated carbocycles. The maximum absolute atomic E-state index is 9.24. The summed E-state index contributed by atoms with van der Waals surface area (Å²) in [5.41, 5.74) is 0. The number of aliphatic carboxylic acids is 1. The predicted octanol–water partition coefficient (Wildman–Crippen LogP) is -3.02. The van der Waals surface area contributed by atoms with Gasteiger partial charge in [-0.2, -0.15) is 6.55 Å².